The van der Waals surface area contributed by atoms with Gasteiger partial charge in [-0.15, -0.1) is 0 Å². The van der Waals surface area contributed by atoms with Crippen molar-refractivity contribution in [1.29, 1.82) is 0 Å². The highest BCUT2D eigenvalue weighted by atomic mass is 16.2. The predicted molar refractivity (Wildman–Crippen MR) is 94.5 cm³/mol. The molecule has 0 bridgehead atoms. The molecule has 1 aliphatic heterocycles. The molecule has 0 spiro atoms. The molecule has 1 atom stereocenters. The Kier molecular flexibility index (Phi) is 5.37. The zero-order valence-corrected chi connectivity index (χ0v) is 14.6. The molecule has 0 N–H and O–H groups in total. The zero-order chi connectivity index (χ0) is 16.2. The summed E-state index contributed by atoms with van der Waals surface area (Å²) in [6, 6.07) is 8.69. The number of likely N-dealkylation sites (tertiary alicyclic amines) is 1. The zero-order valence-electron chi connectivity index (χ0n) is 14.6. The van der Waals surface area contributed by atoms with Gasteiger partial charge in [-0.2, -0.15) is 0 Å². The van der Waals surface area contributed by atoms with Crippen molar-refractivity contribution in [2.24, 2.45) is 5.92 Å². The molecule has 2 aliphatic rings. The first kappa shape index (κ1) is 16.5. The van der Waals surface area contributed by atoms with Gasteiger partial charge in [0, 0.05) is 24.7 Å². The third kappa shape index (κ3) is 3.95. The van der Waals surface area contributed by atoms with Crippen LogP contribution in [0.3, 0.4) is 0 Å². The highest BCUT2D eigenvalue weighted by Crippen LogP contribution is 2.35. The maximum absolute atomic E-state index is 13.1. The molecular weight excluding hydrogens is 284 g/mol. The molecule has 1 heterocycles. The SMILES string of the molecule is CN(C)Cc1cccc(C(=O)N2CCCC2C2CCCCC2)c1. The Balaban J connectivity index is 1.73. The summed E-state index contributed by atoms with van der Waals surface area (Å²) in [5.41, 5.74) is 2.08. The van der Waals surface area contributed by atoms with E-state index in [4.69, 9.17) is 0 Å². The number of carbonyl (C=O) groups excluding carboxylic acids is 1. The van der Waals surface area contributed by atoms with Gasteiger partial charge >= 0.3 is 0 Å². The summed E-state index contributed by atoms with van der Waals surface area (Å²) in [7, 11) is 4.13. The molecule has 1 saturated heterocycles. The monoisotopic (exact) mass is 314 g/mol. The number of nitrogens with zero attached hydrogens (tertiary/aromatic N) is 2. The van der Waals surface area contributed by atoms with Crippen LogP contribution in [0.5, 0.6) is 0 Å². The summed E-state index contributed by atoms with van der Waals surface area (Å²) >= 11 is 0. The van der Waals surface area contributed by atoms with E-state index in [9.17, 15) is 4.79 Å². The molecule has 1 amide bonds. The van der Waals surface area contributed by atoms with Gasteiger partial charge in [-0.1, -0.05) is 31.4 Å². The number of carbonyl (C=O) groups is 1. The maximum atomic E-state index is 13.1. The molecule has 3 nitrogen and oxygen atoms in total. The van der Waals surface area contributed by atoms with E-state index in [1.165, 1.54) is 50.5 Å². The molecule has 2 fully saturated rings. The summed E-state index contributed by atoms with van der Waals surface area (Å²) in [6.07, 6.45) is 9.08. The Morgan fingerprint density at radius 3 is 2.65 bits per heavy atom. The molecule has 0 aromatic heterocycles. The Hall–Kier alpha value is -1.35. The topological polar surface area (TPSA) is 23.6 Å². The van der Waals surface area contributed by atoms with E-state index in [-0.39, 0.29) is 5.91 Å². The summed E-state index contributed by atoms with van der Waals surface area (Å²) in [6.45, 7) is 1.82. The standard InChI is InChI=1S/C20H30N2O/c1-21(2)15-16-8-6-11-18(14-16)20(23)22-13-7-12-19(22)17-9-4-3-5-10-17/h6,8,11,14,17,19H,3-5,7,9-10,12-13,15H2,1-2H3. The van der Waals surface area contributed by atoms with Crippen molar-refractivity contribution in [2.45, 2.75) is 57.5 Å². The number of benzene rings is 1. The van der Waals surface area contributed by atoms with Crippen molar-refractivity contribution in [1.82, 2.24) is 9.80 Å². The van der Waals surface area contributed by atoms with Gasteiger partial charge in [-0.05, 0) is 63.4 Å². The smallest absolute Gasteiger partial charge is 0.254 e. The van der Waals surface area contributed by atoms with Gasteiger partial charge in [0.1, 0.15) is 0 Å². The summed E-state index contributed by atoms with van der Waals surface area (Å²) < 4.78 is 0. The first-order valence-electron chi connectivity index (χ1n) is 9.20. The normalized spacial score (nSPS) is 22.7. The van der Waals surface area contributed by atoms with E-state index in [1.807, 2.05) is 12.1 Å². The van der Waals surface area contributed by atoms with Crippen LogP contribution in [0.25, 0.3) is 0 Å². The highest BCUT2D eigenvalue weighted by Gasteiger charge is 2.35. The van der Waals surface area contributed by atoms with Crippen LogP contribution in [-0.4, -0.2) is 42.4 Å². The summed E-state index contributed by atoms with van der Waals surface area (Å²) in [4.78, 5) is 17.4. The number of rotatable bonds is 4. The Labute approximate surface area is 140 Å². The second-order valence-corrected chi connectivity index (χ2v) is 7.54. The predicted octanol–water partition coefficient (Wildman–Crippen LogP) is 3.93. The molecule has 1 aliphatic carbocycles. The number of hydrogen-bond donors (Lipinski definition) is 0. The Bertz CT molecular complexity index is 534. The summed E-state index contributed by atoms with van der Waals surface area (Å²) in [5, 5.41) is 0. The van der Waals surface area contributed by atoms with Gasteiger partial charge in [0.25, 0.3) is 5.91 Å². The third-order valence-corrected chi connectivity index (χ3v) is 5.43. The first-order valence-corrected chi connectivity index (χ1v) is 9.20. The van der Waals surface area contributed by atoms with Crippen LogP contribution < -0.4 is 0 Å². The third-order valence-electron chi connectivity index (χ3n) is 5.43. The van der Waals surface area contributed by atoms with Crippen molar-refractivity contribution in [2.75, 3.05) is 20.6 Å². The molecule has 1 aromatic rings. The minimum atomic E-state index is 0.249. The molecular formula is C20H30N2O. The first-order chi connectivity index (χ1) is 11.1. The quantitative estimate of drug-likeness (QED) is 0.840. The average Bonchev–Trinajstić information content (AvgIpc) is 3.04. The minimum absolute atomic E-state index is 0.249. The van der Waals surface area contributed by atoms with E-state index in [0.717, 1.165) is 24.6 Å². The number of hydrogen-bond acceptors (Lipinski definition) is 2. The van der Waals surface area contributed by atoms with Gasteiger partial charge in [0.2, 0.25) is 0 Å². The average molecular weight is 314 g/mol. The van der Waals surface area contributed by atoms with Gasteiger partial charge in [0.05, 0.1) is 0 Å². The fourth-order valence-electron chi connectivity index (χ4n) is 4.39. The van der Waals surface area contributed by atoms with Gasteiger partial charge in [-0.25, -0.2) is 0 Å². The fraction of sp³-hybridized carbons (Fsp3) is 0.650. The van der Waals surface area contributed by atoms with Gasteiger partial charge in [0.15, 0.2) is 0 Å². The summed E-state index contributed by atoms with van der Waals surface area (Å²) in [5.74, 6) is 0.985. The Morgan fingerprint density at radius 2 is 1.91 bits per heavy atom. The van der Waals surface area contributed by atoms with E-state index in [1.54, 1.807) is 0 Å². The molecule has 1 saturated carbocycles. The van der Waals surface area contributed by atoms with Crippen molar-refractivity contribution in [3.63, 3.8) is 0 Å². The molecule has 1 unspecified atom stereocenters. The van der Waals surface area contributed by atoms with Gasteiger partial charge in [-0.3, -0.25) is 4.79 Å². The van der Waals surface area contributed by atoms with E-state index in [2.05, 4.69) is 36.0 Å². The lowest BCUT2D eigenvalue weighted by Gasteiger charge is -2.34. The second kappa shape index (κ2) is 7.48. The van der Waals surface area contributed by atoms with Crippen LogP contribution in [0.2, 0.25) is 0 Å². The van der Waals surface area contributed by atoms with E-state index >= 15 is 0 Å². The van der Waals surface area contributed by atoms with Crippen LogP contribution in [-0.2, 0) is 6.54 Å². The van der Waals surface area contributed by atoms with Crippen LogP contribution in [0.4, 0.5) is 0 Å². The lowest BCUT2D eigenvalue weighted by atomic mass is 9.83. The molecule has 0 radical (unpaired) electrons. The molecule has 3 heteroatoms. The Morgan fingerprint density at radius 1 is 1.13 bits per heavy atom. The van der Waals surface area contributed by atoms with Crippen molar-refractivity contribution in [3.05, 3.63) is 35.4 Å². The van der Waals surface area contributed by atoms with Gasteiger partial charge < -0.3 is 9.80 Å². The largest absolute Gasteiger partial charge is 0.335 e. The van der Waals surface area contributed by atoms with Crippen LogP contribution in [0, 0.1) is 5.92 Å². The molecule has 126 valence electrons. The lowest BCUT2D eigenvalue weighted by molar-refractivity contribution is 0.0661. The second-order valence-electron chi connectivity index (χ2n) is 7.54. The molecule has 3 rings (SSSR count). The highest BCUT2D eigenvalue weighted by molar-refractivity contribution is 5.94. The lowest BCUT2D eigenvalue weighted by Crippen LogP contribution is -2.40. The van der Waals surface area contributed by atoms with E-state index in [0.29, 0.717) is 6.04 Å². The van der Waals surface area contributed by atoms with Crippen LogP contribution in [0.1, 0.15) is 60.9 Å². The van der Waals surface area contributed by atoms with Crippen LogP contribution >= 0.6 is 0 Å². The van der Waals surface area contributed by atoms with Crippen molar-refractivity contribution >= 4 is 5.91 Å². The molecule has 1 aromatic carbocycles. The number of amides is 1. The van der Waals surface area contributed by atoms with Crippen molar-refractivity contribution in [3.8, 4) is 0 Å². The van der Waals surface area contributed by atoms with Crippen molar-refractivity contribution < 1.29 is 4.79 Å². The fourth-order valence-corrected chi connectivity index (χ4v) is 4.39. The van der Waals surface area contributed by atoms with Crippen LogP contribution in [0.15, 0.2) is 24.3 Å². The van der Waals surface area contributed by atoms with E-state index < -0.39 is 0 Å². The minimum Gasteiger partial charge on any atom is -0.335 e. The maximum Gasteiger partial charge on any atom is 0.254 e. The molecule has 23 heavy (non-hydrogen) atoms.